The van der Waals surface area contributed by atoms with Gasteiger partial charge in [0.2, 0.25) is 10.0 Å². The van der Waals surface area contributed by atoms with E-state index in [1.807, 2.05) is 13.8 Å². The van der Waals surface area contributed by atoms with Gasteiger partial charge in [0.15, 0.2) is 0 Å². The summed E-state index contributed by atoms with van der Waals surface area (Å²) >= 11 is 0. The Morgan fingerprint density at radius 1 is 1.19 bits per heavy atom. The van der Waals surface area contributed by atoms with E-state index in [-0.39, 0.29) is 24.6 Å². The van der Waals surface area contributed by atoms with Crippen LogP contribution in [0.3, 0.4) is 0 Å². The molecule has 8 nitrogen and oxygen atoms in total. The van der Waals surface area contributed by atoms with Crippen molar-refractivity contribution in [3.8, 4) is 0 Å². The van der Waals surface area contributed by atoms with E-state index in [0.29, 0.717) is 6.42 Å². The first kappa shape index (κ1) is 21.1. The molecule has 1 unspecified atom stereocenters. The normalized spacial score (nSPS) is 20.6. The largest absolute Gasteiger partial charge is 0.464 e. The third-order valence-corrected chi connectivity index (χ3v) is 5.99. The molecule has 3 N–H and O–H groups in total. The maximum Gasteiger partial charge on any atom is 0.332 e. The molecule has 150 valence electrons. The van der Waals surface area contributed by atoms with Gasteiger partial charge in [-0.05, 0) is 37.6 Å². The lowest BCUT2D eigenvalue weighted by Gasteiger charge is -2.20. The summed E-state index contributed by atoms with van der Waals surface area (Å²) in [5.41, 5.74) is -1.48. The molecule has 1 saturated carbocycles. The molecule has 27 heavy (non-hydrogen) atoms. The van der Waals surface area contributed by atoms with Crippen LogP contribution in [0, 0.1) is 11.2 Å². The lowest BCUT2D eigenvalue weighted by Crippen LogP contribution is -2.52. The molecule has 2 amide bonds. The Morgan fingerprint density at radius 3 is 2.30 bits per heavy atom. The molecule has 0 heterocycles. The van der Waals surface area contributed by atoms with E-state index in [1.165, 1.54) is 0 Å². The van der Waals surface area contributed by atoms with Gasteiger partial charge >= 0.3 is 12.0 Å². The van der Waals surface area contributed by atoms with Gasteiger partial charge in [0.25, 0.3) is 0 Å². The number of rotatable bonds is 8. The third kappa shape index (κ3) is 4.75. The van der Waals surface area contributed by atoms with Crippen molar-refractivity contribution in [3.63, 3.8) is 0 Å². The second kappa shape index (κ2) is 7.81. The van der Waals surface area contributed by atoms with Crippen LogP contribution in [0.4, 0.5) is 9.18 Å². The number of hydrogen-bond donors (Lipinski definition) is 3. The van der Waals surface area contributed by atoms with Crippen molar-refractivity contribution in [2.45, 2.75) is 37.6 Å². The van der Waals surface area contributed by atoms with E-state index in [4.69, 9.17) is 4.74 Å². The highest BCUT2D eigenvalue weighted by Gasteiger charge is 2.68. The molecule has 0 aromatic heterocycles. The van der Waals surface area contributed by atoms with Crippen LogP contribution in [0.5, 0.6) is 0 Å². The van der Waals surface area contributed by atoms with Gasteiger partial charge in [-0.3, -0.25) is 0 Å². The minimum absolute atomic E-state index is 0.00555. The number of hydrogen-bond acceptors (Lipinski definition) is 5. The highest BCUT2D eigenvalue weighted by molar-refractivity contribution is 7.89. The monoisotopic (exact) mass is 401 g/mol. The molecule has 1 aromatic carbocycles. The predicted octanol–water partition coefficient (Wildman–Crippen LogP) is 1.14. The summed E-state index contributed by atoms with van der Waals surface area (Å²) in [6.45, 7) is 5.54. The predicted molar refractivity (Wildman–Crippen MR) is 95.9 cm³/mol. The number of carbonyl (C=O) groups excluding carboxylic acids is 2. The van der Waals surface area contributed by atoms with E-state index >= 15 is 0 Å². The second-order valence-corrected chi connectivity index (χ2v) is 8.69. The number of halogens is 1. The molecule has 0 spiro atoms. The van der Waals surface area contributed by atoms with Crippen molar-refractivity contribution in [1.82, 2.24) is 15.4 Å². The van der Waals surface area contributed by atoms with Crippen LogP contribution in [0.25, 0.3) is 0 Å². The van der Waals surface area contributed by atoms with Gasteiger partial charge in [-0.1, -0.05) is 13.8 Å². The Kier molecular flexibility index (Phi) is 6.10. The molecule has 1 fully saturated rings. The summed E-state index contributed by atoms with van der Waals surface area (Å²) in [7, 11) is -3.80. The number of carbonyl (C=O) groups is 2. The number of amides is 2. The fourth-order valence-corrected chi connectivity index (χ4v) is 3.81. The van der Waals surface area contributed by atoms with Gasteiger partial charge in [-0.15, -0.1) is 0 Å². The van der Waals surface area contributed by atoms with Gasteiger partial charge in [-0.25, -0.2) is 27.1 Å². The zero-order valence-electron chi connectivity index (χ0n) is 15.5. The standard InChI is InChI=1S/C17H24FN3O5S/c1-4-26-14(22)17(11-16(17,2)3)21-15(23)19-9-10-20-27(24,25)13-7-5-12(18)6-8-13/h5-8,20H,4,9-11H2,1-3H3,(H2,19,21,23). The number of esters is 1. The van der Waals surface area contributed by atoms with Crippen molar-refractivity contribution in [2.75, 3.05) is 19.7 Å². The second-order valence-electron chi connectivity index (χ2n) is 6.92. The molecule has 2 rings (SSSR count). The molecule has 1 aliphatic carbocycles. The van der Waals surface area contributed by atoms with Crippen molar-refractivity contribution in [2.24, 2.45) is 5.41 Å². The number of urea groups is 1. The number of sulfonamides is 1. The summed E-state index contributed by atoms with van der Waals surface area (Å²) < 4.78 is 44.3. The van der Waals surface area contributed by atoms with Crippen LogP contribution in [0.2, 0.25) is 0 Å². The number of ether oxygens (including phenoxy) is 1. The van der Waals surface area contributed by atoms with Gasteiger partial charge in [0.1, 0.15) is 11.4 Å². The van der Waals surface area contributed by atoms with Gasteiger partial charge < -0.3 is 15.4 Å². The molecular formula is C17H24FN3O5S. The van der Waals surface area contributed by atoms with Gasteiger partial charge in [0.05, 0.1) is 11.5 Å². The average Bonchev–Trinajstić information content (AvgIpc) is 3.14. The Labute approximate surface area is 157 Å². The Bertz CT molecular complexity index is 810. The van der Waals surface area contributed by atoms with Crippen LogP contribution in [0.15, 0.2) is 29.2 Å². The highest BCUT2D eigenvalue weighted by atomic mass is 32.2. The molecule has 1 aromatic rings. The first-order valence-electron chi connectivity index (χ1n) is 8.52. The fraction of sp³-hybridized carbons (Fsp3) is 0.529. The molecular weight excluding hydrogens is 377 g/mol. The van der Waals surface area contributed by atoms with Crippen LogP contribution >= 0.6 is 0 Å². The van der Waals surface area contributed by atoms with E-state index < -0.39 is 38.8 Å². The lowest BCUT2D eigenvalue weighted by atomic mass is 10.1. The zero-order chi connectivity index (χ0) is 20.3. The molecule has 0 saturated heterocycles. The summed E-state index contributed by atoms with van der Waals surface area (Å²) in [5, 5.41) is 5.14. The van der Waals surface area contributed by atoms with E-state index in [9.17, 15) is 22.4 Å². The minimum Gasteiger partial charge on any atom is -0.464 e. The Balaban J connectivity index is 1.82. The lowest BCUT2D eigenvalue weighted by molar-refractivity contribution is -0.147. The van der Waals surface area contributed by atoms with Gasteiger partial charge in [0, 0.05) is 18.5 Å². The third-order valence-electron chi connectivity index (χ3n) is 4.51. The first-order chi connectivity index (χ1) is 12.5. The molecule has 0 aliphatic heterocycles. The zero-order valence-corrected chi connectivity index (χ0v) is 16.3. The number of benzene rings is 1. The van der Waals surface area contributed by atoms with E-state index in [1.54, 1.807) is 6.92 Å². The maximum atomic E-state index is 12.9. The van der Waals surface area contributed by atoms with Crippen molar-refractivity contribution in [3.05, 3.63) is 30.1 Å². The molecule has 1 atom stereocenters. The minimum atomic E-state index is -3.80. The van der Waals surface area contributed by atoms with E-state index in [0.717, 1.165) is 24.3 Å². The average molecular weight is 401 g/mol. The SMILES string of the molecule is CCOC(=O)C1(NC(=O)NCCNS(=O)(=O)c2ccc(F)cc2)CC1(C)C. The summed E-state index contributed by atoms with van der Waals surface area (Å²) in [5.74, 6) is -1.02. The quantitative estimate of drug-likeness (QED) is 0.446. The molecule has 0 bridgehead atoms. The van der Waals surface area contributed by atoms with Crippen LogP contribution in [-0.2, 0) is 19.6 Å². The smallest absolute Gasteiger partial charge is 0.332 e. The summed E-state index contributed by atoms with van der Waals surface area (Å²) in [4.78, 5) is 24.1. The first-order valence-corrected chi connectivity index (χ1v) is 10.0. The maximum absolute atomic E-state index is 12.9. The van der Waals surface area contributed by atoms with Crippen molar-refractivity contribution >= 4 is 22.0 Å². The molecule has 1 aliphatic rings. The topological polar surface area (TPSA) is 114 Å². The summed E-state index contributed by atoms with van der Waals surface area (Å²) in [6.07, 6.45) is 0.462. The van der Waals surface area contributed by atoms with Crippen LogP contribution < -0.4 is 15.4 Å². The Hall–Kier alpha value is -2.20. The van der Waals surface area contributed by atoms with Crippen LogP contribution in [0.1, 0.15) is 27.2 Å². The van der Waals surface area contributed by atoms with Crippen molar-refractivity contribution < 1.29 is 27.1 Å². The highest BCUT2D eigenvalue weighted by Crippen LogP contribution is 2.56. The van der Waals surface area contributed by atoms with Crippen molar-refractivity contribution in [1.29, 1.82) is 0 Å². The van der Waals surface area contributed by atoms with Gasteiger partial charge in [-0.2, -0.15) is 0 Å². The fourth-order valence-electron chi connectivity index (χ4n) is 2.78. The Morgan fingerprint density at radius 2 is 1.78 bits per heavy atom. The van der Waals surface area contributed by atoms with Crippen LogP contribution in [-0.4, -0.2) is 45.7 Å². The number of nitrogens with one attached hydrogen (secondary N) is 3. The van der Waals surface area contributed by atoms with E-state index in [2.05, 4.69) is 15.4 Å². The summed E-state index contributed by atoms with van der Waals surface area (Å²) in [6, 6.07) is 3.81. The molecule has 10 heteroatoms. The molecule has 0 radical (unpaired) electrons.